The fourth-order valence-corrected chi connectivity index (χ4v) is 13.5. The van der Waals surface area contributed by atoms with Gasteiger partial charge in [-0.05, 0) is 217 Å². The van der Waals surface area contributed by atoms with Gasteiger partial charge < -0.3 is 78.7 Å². The standard InChI is InChI=1S/C9H19N.C8H16N2O.C8H18N2.C8H17N.C7H16N4O.C7H15N3O.2C7H15NO.2C6H13NO.C5H8O.C4H12N2.C4H10O2/c1-3-9-5-7-10(4-2)8-6-9;1-7(11)9-8-3-5-10(2)6-4-8;1-3-4-10-7-5-9(2)6-8-10;1-2-6-9-7-4-3-5-8-9;1-8-7(12)9-11-5-3-10(2)4-6-11;1-7(11)8-10-5-3-9(2)4-6-10;2*1-9-7-8-5-3-2-4-6-8;1-8-6-7-4-2-3-5-7;1-2-7-3-5-8-6-4-7;1-3-5(6)4-2;1-5-4-6(2)3;1-5-3-4-6-2/h9H,3-8H2,1-2H3;8H,3-6H2,1-2H3,(H,9,11);3-8H2,1-2H3;2-8H2,1H3;3-6H2,1-2H3,(H2,8,9,12);3-6H2,1-2H3,(H,8,11);2*2-7H2,1H3;2*2-6H2,1H3;3H,1,4H2,2H3;5H,4H2,1-3H3;3-4H2,1-2H3. The van der Waals surface area contributed by atoms with Crippen LogP contribution < -0.4 is 26.8 Å². The van der Waals surface area contributed by atoms with Gasteiger partial charge in [-0.3, -0.25) is 49.7 Å². The van der Waals surface area contributed by atoms with Crippen molar-refractivity contribution in [3.8, 4) is 0 Å². The smallest absolute Gasteiger partial charge is 0.329 e. The third-order valence-corrected chi connectivity index (χ3v) is 20.9. The van der Waals surface area contributed by atoms with Gasteiger partial charge in [-0.15, -0.1) is 0 Å². The van der Waals surface area contributed by atoms with E-state index in [1.807, 2.05) is 38.1 Å². The zero-order valence-electron chi connectivity index (χ0n) is 78.6. The number of morpholine rings is 1. The topological polar surface area (TPSA) is 229 Å². The zero-order valence-corrected chi connectivity index (χ0v) is 78.6. The third kappa shape index (κ3) is 76.6. The van der Waals surface area contributed by atoms with Gasteiger partial charge in [-0.1, -0.05) is 73.8 Å². The number of amides is 4. The Morgan fingerprint density at radius 1 is 0.426 bits per heavy atom. The number of hydrogen-bond acceptors (Lipinski definition) is 25. The van der Waals surface area contributed by atoms with Crippen molar-refractivity contribution >= 4 is 23.6 Å². The lowest BCUT2D eigenvalue weighted by molar-refractivity contribution is -0.124. The van der Waals surface area contributed by atoms with Crippen LogP contribution in [0.3, 0.4) is 0 Å². The summed E-state index contributed by atoms with van der Waals surface area (Å²) in [5.41, 5.74) is 5.52. The molecule has 10 rings (SSSR count). The number of methoxy groups -OCH3 is 5. The van der Waals surface area contributed by atoms with E-state index in [2.05, 4.69) is 164 Å². The van der Waals surface area contributed by atoms with Crippen LogP contribution in [0.2, 0.25) is 0 Å². The first-order valence-electron chi connectivity index (χ1n) is 44.7. The Hall–Kier alpha value is -3.22. The Balaban J connectivity index is -0.00000119. The van der Waals surface area contributed by atoms with Gasteiger partial charge in [0.25, 0.3) is 0 Å². The predicted octanol–water partition coefficient (Wildman–Crippen LogP) is 7.57. The van der Waals surface area contributed by atoms with Crippen molar-refractivity contribution in [2.24, 2.45) is 5.92 Å². The summed E-state index contributed by atoms with van der Waals surface area (Å²) in [7, 11) is 24.6. The fourth-order valence-electron chi connectivity index (χ4n) is 13.5. The largest absolute Gasteiger partial charge is 0.382 e. The maximum Gasteiger partial charge on any atom is 0.329 e. The maximum atomic E-state index is 10.9. The number of nitrogens with zero attached hydrogens (tertiary/aromatic N) is 14. The van der Waals surface area contributed by atoms with Crippen LogP contribution in [0.15, 0.2) is 12.7 Å². The Bertz CT molecular complexity index is 1970. The van der Waals surface area contributed by atoms with Crippen molar-refractivity contribution in [3.63, 3.8) is 0 Å². The SMILES string of the molecule is C=CC(=O)CC.CC(=O)NC1CCN(C)CC1.CC(=O)NN1CCN(C)CC1.CCC1CCN(CC)CC1.CCCN1CCCCC1.CCCN1CCN(C)CC1.CCN1CCOCC1.CNC(=O)NN1CCN(C)CC1.CNCN(C)C.COCCOC.COCN1CCCC1.COCN1CCCCC1.COCN1CCCCC1. The molecule has 0 aromatic rings. The van der Waals surface area contributed by atoms with Gasteiger partial charge in [-0.25, -0.2) is 14.8 Å². The number of allylic oxidation sites excluding steroid dienone is 1. The lowest BCUT2D eigenvalue weighted by atomic mass is 9.95. The van der Waals surface area contributed by atoms with Gasteiger partial charge in [0.1, 0.15) is 0 Å². The number of ether oxygens (including phenoxy) is 6. The average molecular weight is 1650 g/mol. The molecule has 4 amide bonds. The highest BCUT2D eigenvalue weighted by atomic mass is 16.5. The number of hydrogen-bond donors (Lipinski definition) is 5. The normalized spacial score (nSPS) is 20.2. The van der Waals surface area contributed by atoms with Crippen LogP contribution >= 0.6 is 0 Å². The van der Waals surface area contributed by atoms with Crippen LogP contribution in [0.4, 0.5) is 4.79 Å². The maximum absolute atomic E-state index is 10.9. The summed E-state index contributed by atoms with van der Waals surface area (Å²) in [4.78, 5) is 70.6. The van der Waals surface area contributed by atoms with E-state index >= 15 is 0 Å². The summed E-state index contributed by atoms with van der Waals surface area (Å²) in [6.07, 6.45) is 26.2. The second-order valence-electron chi connectivity index (χ2n) is 31.6. The summed E-state index contributed by atoms with van der Waals surface area (Å²) in [5, 5.41) is 12.3. The summed E-state index contributed by atoms with van der Waals surface area (Å²) in [6, 6.07) is 0.281. The molecule has 0 aromatic heterocycles. The molecule has 5 N–H and O–H groups in total. The molecule has 0 bridgehead atoms. The molecule has 10 saturated heterocycles. The summed E-state index contributed by atoms with van der Waals surface area (Å²) < 4.78 is 29.4. The lowest BCUT2D eigenvalue weighted by Crippen LogP contribution is -2.54. The minimum Gasteiger partial charge on any atom is -0.382 e. The first kappa shape index (κ1) is 116. The van der Waals surface area contributed by atoms with E-state index in [0.717, 1.165) is 137 Å². The van der Waals surface area contributed by atoms with Gasteiger partial charge in [0.2, 0.25) is 11.8 Å². The Kier molecular flexibility index (Phi) is 85.1. The first-order chi connectivity index (χ1) is 55.4. The lowest BCUT2D eigenvalue weighted by Gasteiger charge is -2.32. The van der Waals surface area contributed by atoms with Crippen LogP contribution in [0, 0.1) is 5.92 Å². The molecule has 0 saturated carbocycles. The van der Waals surface area contributed by atoms with E-state index < -0.39 is 0 Å². The number of hydrazine groups is 2. The Labute approximate surface area is 707 Å². The molecule has 29 nitrogen and oxygen atoms in total. The van der Waals surface area contributed by atoms with Crippen molar-refractivity contribution in [3.05, 3.63) is 12.7 Å². The number of likely N-dealkylation sites (tertiary alicyclic amines) is 6. The van der Waals surface area contributed by atoms with Crippen molar-refractivity contribution in [2.75, 3.05) is 342 Å². The van der Waals surface area contributed by atoms with E-state index in [-0.39, 0.29) is 23.6 Å². The van der Waals surface area contributed by atoms with Gasteiger partial charge in [0.15, 0.2) is 5.78 Å². The molecule has 10 fully saturated rings. The van der Waals surface area contributed by atoms with Gasteiger partial charge in [0, 0.05) is 206 Å². The fraction of sp³-hybridized carbons (Fsp3) is 0.930. The van der Waals surface area contributed by atoms with Crippen LogP contribution in [0.5, 0.6) is 0 Å². The van der Waals surface area contributed by atoms with Crippen molar-refractivity contribution in [1.82, 2.24) is 95.6 Å². The summed E-state index contributed by atoms with van der Waals surface area (Å²) >= 11 is 0. The number of likely N-dealkylation sites (N-methyl/N-ethyl adjacent to an activating group) is 4. The number of rotatable bonds is 23. The van der Waals surface area contributed by atoms with Crippen LogP contribution in [-0.4, -0.2) is 440 Å². The number of carbonyl (C=O) groups excluding carboxylic acids is 4. The molecule has 10 heterocycles. The van der Waals surface area contributed by atoms with E-state index in [9.17, 15) is 19.2 Å². The van der Waals surface area contributed by atoms with Gasteiger partial charge in [-0.2, -0.15) is 0 Å². The van der Waals surface area contributed by atoms with Crippen LogP contribution in [0.1, 0.15) is 177 Å². The molecule has 10 aliphatic rings. The monoisotopic (exact) mass is 1650 g/mol. The Morgan fingerprint density at radius 2 is 0.783 bits per heavy atom. The molecular formula is C86H187N19O10. The van der Waals surface area contributed by atoms with Crippen molar-refractivity contribution in [1.29, 1.82) is 0 Å². The van der Waals surface area contributed by atoms with Crippen LogP contribution in [-0.2, 0) is 42.8 Å². The highest BCUT2D eigenvalue weighted by Crippen LogP contribution is 2.19. The average Bonchev–Trinajstić information content (AvgIpc) is 2.02. The minimum absolute atomic E-state index is 0.0227. The van der Waals surface area contributed by atoms with E-state index in [1.54, 1.807) is 56.4 Å². The van der Waals surface area contributed by atoms with E-state index in [1.165, 1.54) is 227 Å². The second-order valence-corrected chi connectivity index (χ2v) is 31.6. The third-order valence-electron chi connectivity index (χ3n) is 20.9. The molecule has 0 atom stereocenters. The molecule has 10 aliphatic heterocycles. The van der Waals surface area contributed by atoms with Crippen molar-refractivity contribution in [2.45, 2.75) is 183 Å². The number of ketones is 1. The van der Waals surface area contributed by atoms with Crippen LogP contribution in [0.25, 0.3) is 0 Å². The predicted molar refractivity (Wildman–Crippen MR) is 481 cm³/mol. The summed E-state index contributed by atoms with van der Waals surface area (Å²) in [5.74, 6) is 1.26. The number of carbonyl (C=O) groups is 4. The zero-order chi connectivity index (χ0) is 86.3. The molecule has 686 valence electrons. The molecule has 0 aromatic carbocycles. The number of piperidine rings is 5. The molecule has 0 spiro atoms. The van der Waals surface area contributed by atoms with Gasteiger partial charge in [0.05, 0.1) is 46.6 Å². The highest BCUT2D eigenvalue weighted by Gasteiger charge is 2.20. The molecule has 29 heteroatoms. The molecule has 0 radical (unpaired) electrons. The van der Waals surface area contributed by atoms with Gasteiger partial charge >= 0.3 is 6.03 Å². The number of urea groups is 1. The van der Waals surface area contributed by atoms with E-state index in [4.69, 9.17) is 18.9 Å². The number of piperazine rings is 3. The minimum atomic E-state index is -0.139. The molecule has 0 aliphatic carbocycles. The quantitative estimate of drug-likeness (QED) is 0.0377. The molecular weight excluding hydrogens is 1460 g/mol. The Morgan fingerprint density at radius 3 is 1.07 bits per heavy atom. The second kappa shape index (κ2) is 84.4. The number of nitrogens with one attached hydrogen (secondary N) is 5. The van der Waals surface area contributed by atoms with Crippen molar-refractivity contribution < 1.29 is 47.6 Å². The van der Waals surface area contributed by atoms with E-state index in [0.29, 0.717) is 25.7 Å². The first-order valence-corrected chi connectivity index (χ1v) is 44.7. The summed E-state index contributed by atoms with van der Waals surface area (Å²) in [6.45, 7) is 61.1. The highest BCUT2D eigenvalue weighted by molar-refractivity contribution is 5.88. The molecule has 115 heavy (non-hydrogen) atoms. The molecule has 0 unspecified atom stereocenters.